The maximum atomic E-state index is 10.8. The average molecular weight is 323 g/mol. The molecule has 3 aromatic rings. The normalized spacial score (nSPS) is 19.6. The van der Waals surface area contributed by atoms with Crippen LogP contribution in [-0.2, 0) is 7.05 Å². The third-order valence-electron chi connectivity index (χ3n) is 4.85. The van der Waals surface area contributed by atoms with Crippen LogP contribution in [0, 0.1) is 5.92 Å². The van der Waals surface area contributed by atoms with Gasteiger partial charge in [0.25, 0.3) is 0 Å². The number of hydrogen-bond donors (Lipinski definition) is 1. The molecule has 2 unspecified atom stereocenters. The fourth-order valence-corrected chi connectivity index (χ4v) is 3.58. The fraction of sp³-hybridized carbons (Fsp3) is 0.389. The summed E-state index contributed by atoms with van der Waals surface area (Å²) in [6.07, 6.45) is 6.70. The van der Waals surface area contributed by atoms with Crippen LogP contribution in [0.25, 0.3) is 10.9 Å². The van der Waals surface area contributed by atoms with Crippen molar-refractivity contribution in [1.82, 2.24) is 19.5 Å². The molecule has 0 amide bonds. The van der Waals surface area contributed by atoms with Crippen LogP contribution in [0.15, 0.2) is 43.0 Å². The van der Waals surface area contributed by atoms with Crippen molar-refractivity contribution in [1.29, 1.82) is 0 Å². The number of rotatable bonds is 3. The van der Waals surface area contributed by atoms with E-state index >= 15 is 0 Å². The van der Waals surface area contributed by atoms with E-state index in [-0.39, 0.29) is 5.92 Å². The van der Waals surface area contributed by atoms with Crippen molar-refractivity contribution >= 4 is 16.7 Å². The molecule has 2 aromatic heterocycles. The molecule has 2 atom stereocenters. The van der Waals surface area contributed by atoms with E-state index in [1.165, 1.54) is 0 Å². The zero-order valence-corrected chi connectivity index (χ0v) is 13.7. The molecule has 4 rings (SSSR count). The van der Waals surface area contributed by atoms with Crippen molar-refractivity contribution in [2.75, 3.05) is 18.0 Å². The second kappa shape index (κ2) is 6.20. The van der Waals surface area contributed by atoms with Gasteiger partial charge in [0, 0.05) is 43.8 Å². The molecule has 0 spiro atoms. The van der Waals surface area contributed by atoms with Crippen LogP contribution >= 0.6 is 0 Å². The second-order valence-electron chi connectivity index (χ2n) is 6.40. The number of aliphatic hydroxyl groups is 1. The lowest BCUT2D eigenvalue weighted by molar-refractivity contribution is 0.0874. The van der Waals surface area contributed by atoms with E-state index in [1.807, 2.05) is 36.0 Å². The minimum Gasteiger partial charge on any atom is -0.385 e. The molecule has 0 saturated carbocycles. The quantitative estimate of drug-likeness (QED) is 0.801. The van der Waals surface area contributed by atoms with Crippen LogP contribution in [0.5, 0.6) is 0 Å². The molecule has 1 aliphatic heterocycles. The van der Waals surface area contributed by atoms with Crippen molar-refractivity contribution in [2.45, 2.75) is 18.9 Å². The van der Waals surface area contributed by atoms with Gasteiger partial charge in [0.05, 0.1) is 5.52 Å². The Balaban J connectivity index is 1.62. The van der Waals surface area contributed by atoms with Gasteiger partial charge in [-0.05, 0) is 25.0 Å². The van der Waals surface area contributed by atoms with Gasteiger partial charge in [0.2, 0.25) is 0 Å². The molecule has 124 valence electrons. The molecule has 24 heavy (non-hydrogen) atoms. The monoisotopic (exact) mass is 323 g/mol. The maximum Gasteiger partial charge on any atom is 0.139 e. The van der Waals surface area contributed by atoms with Gasteiger partial charge < -0.3 is 14.6 Å². The van der Waals surface area contributed by atoms with Gasteiger partial charge in [-0.25, -0.2) is 15.0 Å². The van der Waals surface area contributed by atoms with E-state index in [4.69, 9.17) is 0 Å². The highest BCUT2D eigenvalue weighted by Crippen LogP contribution is 2.32. The van der Waals surface area contributed by atoms with Crippen LogP contribution in [0.2, 0.25) is 0 Å². The first kappa shape index (κ1) is 15.1. The lowest BCUT2D eigenvalue weighted by Crippen LogP contribution is -2.39. The first-order chi connectivity index (χ1) is 11.7. The van der Waals surface area contributed by atoms with Crippen LogP contribution in [0.4, 0.5) is 5.82 Å². The van der Waals surface area contributed by atoms with Gasteiger partial charge in [0.15, 0.2) is 0 Å². The van der Waals surface area contributed by atoms with Crippen molar-refractivity contribution in [3.05, 3.63) is 48.8 Å². The number of nitrogens with zero attached hydrogens (tertiary/aromatic N) is 5. The fourth-order valence-electron chi connectivity index (χ4n) is 3.58. The highest BCUT2D eigenvalue weighted by molar-refractivity contribution is 5.89. The molecule has 1 aliphatic rings. The van der Waals surface area contributed by atoms with Crippen molar-refractivity contribution < 1.29 is 5.11 Å². The Bertz CT molecular complexity index is 841. The number of aryl methyl sites for hydroxylation is 1. The summed E-state index contributed by atoms with van der Waals surface area (Å²) in [5.74, 6) is 1.83. The van der Waals surface area contributed by atoms with E-state index in [0.29, 0.717) is 0 Å². The highest BCUT2D eigenvalue weighted by atomic mass is 16.3. The lowest BCUT2D eigenvalue weighted by Gasteiger charge is -2.36. The van der Waals surface area contributed by atoms with Crippen LogP contribution in [0.3, 0.4) is 0 Å². The topological polar surface area (TPSA) is 67.1 Å². The Hall–Kier alpha value is -2.47. The van der Waals surface area contributed by atoms with Crippen molar-refractivity contribution in [2.24, 2.45) is 13.0 Å². The molecule has 6 nitrogen and oxygen atoms in total. The molecule has 3 heterocycles. The SMILES string of the molecule is Cn1ccnc1C(O)C1CCCN(c2ncnc3ccccc23)C1. The van der Waals surface area contributed by atoms with E-state index in [9.17, 15) is 5.11 Å². The first-order valence-corrected chi connectivity index (χ1v) is 8.34. The average Bonchev–Trinajstić information content (AvgIpc) is 3.06. The number of hydrogen-bond acceptors (Lipinski definition) is 5. The molecule has 6 heteroatoms. The number of piperidine rings is 1. The highest BCUT2D eigenvalue weighted by Gasteiger charge is 2.30. The van der Waals surface area contributed by atoms with Gasteiger partial charge in [-0.3, -0.25) is 0 Å². The minimum absolute atomic E-state index is 0.147. The molecule has 1 saturated heterocycles. The van der Waals surface area contributed by atoms with Gasteiger partial charge in [-0.2, -0.15) is 0 Å². The van der Waals surface area contributed by atoms with Crippen LogP contribution in [0.1, 0.15) is 24.8 Å². The van der Waals surface area contributed by atoms with Crippen LogP contribution in [-0.4, -0.2) is 37.7 Å². The van der Waals surface area contributed by atoms with Gasteiger partial charge in [0.1, 0.15) is 24.1 Å². The molecule has 1 N–H and O–H groups in total. The summed E-state index contributed by atoms with van der Waals surface area (Å²) in [5.41, 5.74) is 0.953. The number of fused-ring (bicyclic) bond motifs is 1. The Labute approximate surface area is 140 Å². The molecular weight excluding hydrogens is 302 g/mol. The number of aromatic nitrogens is 4. The summed E-state index contributed by atoms with van der Waals surface area (Å²) in [5, 5.41) is 11.8. The summed E-state index contributed by atoms with van der Waals surface area (Å²) in [7, 11) is 1.92. The number of para-hydroxylation sites is 1. The summed E-state index contributed by atoms with van der Waals surface area (Å²) >= 11 is 0. The predicted octanol–water partition coefficient (Wildman–Crippen LogP) is 2.31. The summed E-state index contributed by atoms with van der Waals surface area (Å²) in [4.78, 5) is 15.4. The summed E-state index contributed by atoms with van der Waals surface area (Å²) in [6, 6.07) is 8.07. The van der Waals surface area contributed by atoms with E-state index < -0.39 is 6.10 Å². The summed E-state index contributed by atoms with van der Waals surface area (Å²) < 4.78 is 1.89. The van der Waals surface area contributed by atoms with Crippen molar-refractivity contribution in [3.63, 3.8) is 0 Å². The number of benzene rings is 1. The van der Waals surface area contributed by atoms with Gasteiger partial charge in [-0.1, -0.05) is 12.1 Å². The molecule has 0 aliphatic carbocycles. The standard InChI is InChI=1S/C18H21N5O/c1-22-10-8-19-18(22)16(24)13-5-4-9-23(11-13)17-14-6-2-3-7-15(14)20-12-21-17/h2-3,6-8,10,12-13,16,24H,4-5,9,11H2,1H3. The van der Waals surface area contributed by atoms with Gasteiger partial charge >= 0.3 is 0 Å². The molecule has 0 radical (unpaired) electrons. The first-order valence-electron chi connectivity index (χ1n) is 8.34. The van der Waals surface area contributed by atoms with E-state index in [1.54, 1.807) is 12.5 Å². The van der Waals surface area contributed by atoms with Crippen molar-refractivity contribution in [3.8, 4) is 0 Å². The Morgan fingerprint density at radius 3 is 2.92 bits per heavy atom. The maximum absolute atomic E-state index is 10.8. The third-order valence-corrected chi connectivity index (χ3v) is 4.85. The lowest BCUT2D eigenvalue weighted by atomic mass is 9.91. The summed E-state index contributed by atoms with van der Waals surface area (Å²) in [6.45, 7) is 1.72. The minimum atomic E-state index is -0.555. The molecule has 0 bridgehead atoms. The second-order valence-corrected chi connectivity index (χ2v) is 6.40. The smallest absolute Gasteiger partial charge is 0.139 e. The molecule has 1 aromatic carbocycles. The van der Waals surface area contributed by atoms with Gasteiger partial charge in [-0.15, -0.1) is 0 Å². The number of anilines is 1. The molecular formula is C18H21N5O. The van der Waals surface area contributed by atoms with E-state index in [2.05, 4.69) is 25.9 Å². The Morgan fingerprint density at radius 2 is 2.08 bits per heavy atom. The third kappa shape index (κ3) is 2.63. The Kier molecular flexibility index (Phi) is 3.90. The van der Waals surface area contributed by atoms with Crippen LogP contribution < -0.4 is 4.90 Å². The number of imidazole rings is 1. The zero-order valence-electron chi connectivity index (χ0n) is 13.7. The number of aliphatic hydroxyl groups excluding tert-OH is 1. The van der Waals surface area contributed by atoms with E-state index in [0.717, 1.165) is 48.5 Å². The Morgan fingerprint density at radius 1 is 1.21 bits per heavy atom. The molecule has 1 fully saturated rings. The predicted molar refractivity (Wildman–Crippen MR) is 92.6 cm³/mol. The largest absolute Gasteiger partial charge is 0.385 e. The zero-order chi connectivity index (χ0) is 16.5.